The summed E-state index contributed by atoms with van der Waals surface area (Å²) in [6, 6.07) is 6.95. The van der Waals surface area contributed by atoms with Crippen LogP contribution in [-0.2, 0) is 18.3 Å². The molecule has 86 valence electrons. The number of hydrogen-bond donors (Lipinski definition) is 1. The zero-order valence-corrected chi connectivity index (χ0v) is 9.97. The zero-order chi connectivity index (χ0) is 11.0. The van der Waals surface area contributed by atoms with Gasteiger partial charge in [-0.15, -0.1) is 0 Å². The minimum absolute atomic E-state index is 0.463. The Morgan fingerprint density at radius 2 is 2.00 bits per heavy atom. The highest BCUT2D eigenvalue weighted by Crippen LogP contribution is 2.48. The molecular formula is C15H21N. The SMILES string of the molecule is NCCC1(c2cccc3c2CCC3)CCC1. The van der Waals surface area contributed by atoms with Crippen LogP contribution < -0.4 is 5.73 Å². The summed E-state index contributed by atoms with van der Waals surface area (Å²) in [6.45, 7) is 0.837. The topological polar surface area (TPSA) is 26.0 Å². The van der Waals surface area contributed by atoms with E-state index in [0.717, 1.165) is 6.54 Å². The lowest BCUT2D eigenvalue weighted by Crippen LogP contribution is -2.37. The smallest absolute Gasteiger partial charge is 0.00322 e. The predicted molar refractivity (Wildman–Crippen MR) is 67.7 cm³/mol. The second kappa shape index (κ2) is 3.89. The lowest BCUT2D eigenvalue weighted by Gasteiger charge is -2.43. The summed E-state index contributed by atoms with van der Waals surface area (Å²) < 4.78 is 0. The van der Waals surface area contributed by atoms with Gasteiger partial charge in [0.1, 0.15) is 0 Å². The summed E-state index contributed by atoms with van der Waals surface area (Å²) in [4.78, 5) is 0. The molecule has 0 aliphatic heterocycles. The van der Waals surface area contributed by atoms with Crippen LogP contribution in [0.4, 0.5) is 0 Å². The molecule has 1 aromatic carbocycles. The first-order chi connectivity index (χ1) is 7.86. The Morgan fingerprint density at radius 3 is 2.69 bits per heavy atom. The largest absolute Gasteiger partial charge is 0.330 e. The fourth-order valence-electron chi connectivity index (χ4n) is 3.65. The molecule has 0 bridgehead atoms. The zero-order valence-electron chi connectivity index (χ0n) is 9.97. The molecule has 0 amide bonds. The van der Waals surface area contributed by atoms with E-state index >= 15 is 0 Å². The molecule has 2 aliphatic carbocycles. The first-order valence-corrected chi connectivity index (χ1v) is 6.67. The molecule has 1 fully saturated rings. The molecule has 0 saturated heterocycles. The lowest BCUT2D eigenvalue weighted by atomic mass is 9.61. The Balaban J connectivity index is 2.02. The molecule has 1 heteroatoms. The quantitative estimate of drug-likeness (QED) is 0.824. The van der Waals surface area contributed by atoms with Crippen LogP contribution >= 0.6 is 0 Å². The summed E-state index contributed by atoms with van der Waals surface area (Å²) in [6.07, 6.45) is 9.25. The van der Waals surface area contributed by atoms with Crippen LogP contribution in [0.1, 0.15) is 48.8 Å². The third-order valence-electron chi connectivity index (χ3n) is 4.65. The van der Waals surface area contributed by atoms with Crippen molar-refractivity contribution in [2.24, 2.45) is 5.73 Å². The third-order valence-corrected chi connectivity index (χ3v) is 4.65. The standard InChI is InChI=1S/C15H21N/c16-11-10-15(8-3-9-15)14-7-2-5-12-4-1-6-13(12)14/h2,5,7H,1,3-4,6,8-11,16H2. The molecule has 0 radical (unpaired) electrons. The number of hydrogen-bond acceptors (Lipinski definition) is 1. The Labute approximate surface area is 98.0 Å². The number of fused-ring (bicyclic) bond motifs is 1. The van der Waals surface area contributed by atoms with Crippen molar-refractivity contribution >= 4 is 0 Å². The van der Waals surface area contributed by atoms with E-state index in [9.17, 15) is 0 Å². The number of nitrogens with two attached hydrogens (primary N) is 1. The van der Waals surface area contributed by atoms with Crippen LogP contribution in [0, 0.1) is 0 Å². The molecule has 0 unspecified atom stereocenters. The molecule has 3 rings (SSSR count). The monoisotopic (exact) mass is 215 g/mol. The van der Waals surface area contributed by atoms with Gasteiger partial charge in [0.15, 0.2) is 0 Å². The minimum atomic E-state index is 0.463. The van der Waals surface area contributed by atoms with E-state index in [4.69, 9.17) is 5.73 Å². The summed E-state index contributed by atoms with van der Waals surface area (Å²) in [5.74, 6) is 0. The van der Waals surface area contributed by atoms with E-state index in [-0.39, 0.29) is 0 Å². The number of aryl methyl sites for hydroxylation is 1. The average molecular weight is 215 g/mol. The minimum Gasteiger partial charge on any atom is -0.330 e. The number of rotatable bonds is 3. The van der Waals surface area contributed by atoms with E-state index < -0.39 is 0 Å². The molecular weight excluding hydrogens is 194 g/mol. The van der Waals surface area contributed by atoms with Crippen LogP contribution in [0.3, 0.4) is 0 Å². The van der Waals surface area contributed by atoms with Crippen molar-refractivity contribution in [3.05, 3.63) is 34.9 Å². The molecule has 0 atom stereocenters. The van der Waals surface area contributed by atoms with Gasteiger partial charge in [0.05, 0.1) is 0 Å². The van der Waals surface area contributed by atoms with Gasteiger partial charge < -0.3 is 5.73 Å². The molecule has 0 heterocycles. The second-order valence-electron chi connectivity index (χ2n) is 5.47. The Kier molecular flexibility index (Phi) is 2.51. The van der Waals surface area contributed by atoms with Crippen LogP contribution in [0.2, 0.25) is 0 Å². The van der Waals surface area contributed by atoms with Gasteiger partial charge in [-0.2, -0.15) is 0 Å². The highest BCUT2D eigenvalue weighted by Gasteiger charge is 2.39. The summed E-state index contributed by atoms with van der Waals surface area (Å²) in [5, 5.41) is 0. The maximum Gasteiger partial charge on any atom is -0.00322 e. The predicted octanol–water partition coefficient (Wildman–Crippen LogP) is 2.95. The summed E-state index contributed by atoms with van der Waals surface area (Å²) in [7, 11) is 0. The van der Waals surface area contributed by atoms with Gasteiger partial charge >= 0.3 is 0 Å². The van der Waals surface area contributed by atoms with Crippen LogP contribution in [0.15, 0.2) is 18.2 Å². The van der Waals surface area contributed by atoms with Crippen molar-refractivity contribution < 1.29 is 0 Å². The van der Waals surface area contributed by atoms with E-state index in [1.54, 1.807) is 16.7 Å². The Bertz CT molecular complexity index is 390. The maximum absolute atomic E-state index is 5.81. The first kappa shape index (κ1) is 10.3. The van der Waals surface area contributed by atoms with Crippen LogP contribution in [0.5, 0.6) is 0 Å². The molecule has 1 saturated carbocycles. The fraction of sp³-hybridized carbons (Fsp3) is 0.600. The van der Waals surface area contributed by atoms with Crippen LogP contribution in [-0.4, -0.2) is 6.54 Å². The first-order valence-electron chi connectivity index (χ1n) is 6.67. The van der Waals surface area contributed by atoms with E-state index in [1.165, 1.54) is 44.9 Å². The van der Waals surface area contributed by atoms with E-state index in [2.05, 4.69) is 18.2 Å². The van der Waals surface area contributed by atoms with Gasteiger partial charge in [-0.3, -0.25) is 0 Å². The summed E-state index contributed by atoms with van der Waals surface area (Å²) in [5.41, 5.74) is 11.2. The lowest BCUT2D eigenvalue weighted by molar-refractivity contribution is 0.228. The van der Waals surface area contributed by atoms with Gasteiger partial charge in [-0.05, 0) is 67.2 Å². The van der Waals surface area contributed by atoms with Gasteiger partial charge in [-0.1, -0.05) is 24.6 Å². The maximum atomic E-state index is 5.81. The molecule has 1 aromatic rings. The van der Waals surface area contributed by atoms with Gasteiger partial charge in [0.25, 0.3) is 0 Å². The van der Waals surface area contributed by atoms with Gasteiger partial charge in [0.2, 0.25) is 0 Å². The van der Waals surface area contributed by atoms with Crippen LogP contribution in [0.25, 0.3) is 0 Å². The molecule has 2 aliphatic rings. The van der Waals surface area contributed by atoms with Crippen molar-refractivity contribution in [2.75, 3.05) is 6.54 Å². The number of benzene rings is 1. The van der Waals surface area contributed by atoms with E-state index in [0.29, 0.717) is 5.41 Å². The van der Waals surface area contributed by atoms with Gasteiger partial charge in [-0.25, -0.2) is 0 Å². The highest BCUT2D eigenvalue weighted by atomic mass is 14.6. The Morgan fingerprint density at radius 1 is 1.12 bits per heavy atom. The summed E-state index contributed by atoms with van der Waals surface area (Å²) >= 11 is 0. The van der Waals surface area contributed by atoms with Crippen molar-refractivity contribution in [2.45, 2.75) is 50.4 Å². The van der Waals surface area contributed by atoms with Crippen molar-refractivity contribution in [1.29, 1.82) is 0 Å². The Hall–Kier alpha value is -0.820. The molecule has 2 N–H and O–H groups in total. The molecule has 16 heavy (non-hydrogen) atoms. The van der Waals surface area contributed by atoms with Crippen molar-refractivity contribution in [3.8, 4) is 0 Å². The van der Waals surface area contributed by atoms with Crippen molar-refractivity contribution in [1.82, 2.24) is 0 Å². The molecule has 1 nitrogen and oxygen atoms in total. The van der Waals surface area contributed by atoms with Gasteiger partial charge in [0, 0.05) is 0 Å². The van der Waals surface area contributed by atoms with E-state index in [1.807, 2.05) is 0 Å². The van der Waals surface area contributed by atoms with Crippen molar-refractivity contribution in [3.63, 3.8) is 0 Å². The fourth-order valence-corrected chi connectivity index (χ4v) is 3.65. The molecule has 0 spiro atoms. The average Bonchev–Trinajstić information content (AvgIpc) is 2.71. The molecule has 0 aromatic heterocycles. The third kappa shape index (κ3) is 1.41. The second-order valence-corrected chi connectivity index (χ2v) is 5.47. The highest BCUT2D eigenvalue weighted by molar-refractivity contribution is 5.44. The normalized spacial score (nSPS) is 21.6.